The number of carbonyl (C=O) groups excluding carboxylic acids is 1. The highest BCUT2D eigenvalue weighted by Crippen LogP contribution is 2.45. The van der Waals surface area contributed by atoms with Crippen LogP contribution in [-0.4, -0.2) is 21.4 Å². The summed E-state index contributed by atoms with van der Waals surface area (Å²) in [5.41, 5.74) is 2.17. The Morgan fingerprint density at radius 3 is 2.61 bits per heavy atom. The van der Waals surface area contributed by atoms with Crippen molar-refractivity contribution in [3.05, 3.63) is 66.4 Å². The van der Waals surface area contributed by atoms with E-state index in [2.05, 4.69) is 4.98 Å². The van der Waals surface area contributed by atoms with Gasteiger partial charge in [-0.15, -0.1) is 11.6 Å². The Bertz CT molecular complexity index is 898. The maximum absolute atomic E-state index is 12.4. The Labute approximate surface area is 137 Å². The zero-order valence-corrected chi connectivity index (χ0v) is 12.8. The lowest BCUT2D eigenvalue weighted by Crippen LogP contribution is -2.56. The molecule has 2 atom stereocenters. The van der Waals surface area contributed by atoms with Gasteiger partial charge in [-0.1, -0.05) is 30.3 Å². The molecular formula is C18H13ClN2O2. The second kappa shape index (κ2) is 5.25. The molecule has 0 aliphatic carbocycles. The zero-order chi connectivity index (χ0) is 16.0. The van der Waals surface area contributed by atoms with Crippen molar-refractivity contribution in [2.24, 2.45) is 0 Å². The first-order valence-corrected chi connectivity index (χ1v) is 7.71. The molecule has 1 amide bonds. The number of carbonyl (C=O) groups is 1. The molecule has 0 saturated carbocycles. The number of aromatic hydroxyl groups is 1. The molecule has 1 fully saturated rings. The van der Waals surface area contributed by atoms with E-state index in [9.17, 15) is 9.90 Å². The lowest BCUT2D eigenvalue weighted by Gasteiger charge is -2.45. The molecule has 2 unspecified atom stereocenters. The van der Waals surface area contributed by atoms with Crippen molar-refractivity contribution in [2.75, 3.05) is 4.90 Å². The highest BCUT2D eigenvalue weighted by Gasteiger charge is 2.48. The summed E-state index contributed by atoms with van der Waals surface area (Å²) in [6.45, 7) is 0. The average Bonchev–Trinajstić information content (AvgIpc) is 2.61. The van der Waals surface area contributed by atoms with Crippen LogP contribution >= 0.6 is 11.6 Å². The normalized spacial score (nSPS) is 20.6. The van der Waals surface area contributed by atoms with Gasteiger partial charge in [-0.05, 0) is 29.8 Å². The second-order valence-electron chi connectivity index (χ2n) is 5.47. The second-order valence-corrected chi connectivity index (χ2v) is 5.94. The number of hydrogen-bond donors (Lipinski definition) is 1. The largest absolute Gasteiger partial charge is 0.506 e. The summed E-state index contributed by atoms with van der Waals surface area (Å²) in [6, 6.07) is 16.4. The number of alkyl halides is 1. The molecule has 0 bridgehead atoms. The Morgan fingerprint density at radius 2 is 1.83 bits per heavy atom. The van der Waals surface area contributed by atoms with Crippen LogP contribution in [-0.2, 0) is 4.79 Å². The van der Waals surface area contributed by atoms with Crippen LogP contribution in [0.3, 0.4) is 0 Å². The smallest absolute Gasteiger partial charge is 0.248 e. The molecule has 5 heteroatoms. The van der Waals surface area contributed by atoms with E-state index in [0.29, 0.717) is 11.2 Å². The van der Waals surface area contributed by atoms with Gasteiger partial charge < -0.3 is 10.0 Å². The number of pyridine rings is 1. The van der Waals surface area contributed by atoms with E-state index in [-0.39, 0.29) is 17.7 Å². The highest BCUT2D eigenvalue weighted by atomic mass is 35.5. The number of phenols is 1. The van der Waals surface area contributed by atoms with Crippen molar-refractivity contribution in [2.45, 2.75) is 11.4 Å². The lowest BCUT2D eigenvalue weighted by molar-refractivity contribution is -0.123. The third-order valence-electron chi connectivity index (χ3n) is 4.15. The van der Waals surface area contributed by atoms with Gasteiger partial charge in [-0.2, -0.15) is 0 Å². The first-order chi connectivity index (χ1) is 11.2. The van der Waals surface area contributed by atoms with Crippen LogP contribution in [0.15, 0.2) is 60.8 Å². The number of rotatable bonds is 2. The summed E-state index contributed by atoms with van der Waals surface area (Å²) in [5, 5.41) is 10.1. The van der Waals surface area contributed by atoms with Crippen LogP contribution in [0.4, 0.5) is 5.69 Å². The molecule has 114 valence electrons. The van der Waals surface area contributed by atoms with Crippen molar-refractivity contribution >= 4 is 34.1 Å². The molecule has 1 saturated heterocycles. The average molecular weight is 325 g/mol. The van der Waals surface area contributed by atoms with Gasteiger partial charge in [-0.25, -0.2) is 0 Å². The van der Waals surface area contributed by atoms with Crippen molar-refractivity contribution in [1.29, 1.82) is 0 Å². The predicted molar refractivity (Wildman–Crippen MR) is 89.7 cm³/mol. The van der Waals surface area contributed by atoms with Gasteiger partial charge in [0.25, 0.3) is 0 Å². The van der Waals surface area contributed by atoms with E-state index in [1.54, 1.807) is 29.3 Å². The summed E-state index contributed by atoms with van der Waals surface area (Å²) in [7, 11) is 0. The molecule has 2 heterocycles. The third-order valence-corrected chi connectivity index (χ3v) is 4.58. The van der Waals surface area contributed by atoms with Crippen LogP contribution in [0.5, 0.6) is 5.75 Å². The fraction of sp³-hybridized carbons (Fsp3) is 0.111. The number of nitrogens with zero attached hydrogens (tertiary/aromatic N) is 2. The van der Waals surface area contributed by atoms with E-state index >= 15 is 0 Å². The Kier molecular flexibility index (Phi) is 3.20. The minimum absolute atomic E-state index is 0.0935. The summed E-state index contributed by atoms with van der Waals surface area (Å²) < 4.78 is 0. The number of anilines is 1. The monoisotopic (exact) mass is 324 g/mol. The molecule has 1 aliphatic heterocycles. The van der Waals surface area contributed by atoms with Gasteiger partial charge in [0, 0.05) is 11.6 Å². The maximum Gasteiger partial charge on any atom is 0.248 e. The molecule has 0 radical (unpaired) electrons. The van der Waals surface area contributed by atoms with Gasteiger partial charge in [0.2, 0.25) is 5.91 Å². The van der Waals surface area contributed by atoms with Gasteiger partial charge in [0.1, 0.15) is 16.6 Å². The molecule has 4 rings (SSSR count). The van der Waals surface area contributed by atoms with E-state index < -0.39 is 5.38 Å². The van der Waals surface area contributed by atoms with Crippen molar-refractivity contribution in [3.63, 3.8) is 0 Å². The summed E-state index contributed by atoms with van der Waals surface area (Å²) in [5.74, 6) is -0.0487. The summed E-state index contributed by atoms with van der Waals surface area (Å²) in [4.78, 5) is 18.3. The van der Waals surface area contributed by atoms with Crippen LogP contribution in [0.1, 0.15) is 11.6 Å². The topological polar surface area (TPSA) is 53.4 Å². The van der Waals surface area contributed by atoms with E-state index in [1.807, 2.05) is 36.4 Å². The molecule has 23 heavy (non-hydrogen) atoms. The number of fused-ring (bicyclic) bond motifs is 1. The van der Waals surface area contributed by atoms with Gasteiger partial charge in [0.05, 0.1) is 11.7 Å². The zero-order valence-electron chi connectivity index (χ0n) is 12.1. The van der Waals surface area contributed by atoms with Gasteiger partial charge >= 0.3 is 0 Å². The maximum atomic E-state index is 12.4. The molecule has 0 spiro atoms. The van der Waals surface area contributed by atoms with E-state index in [4.69, 9.17) is 11.6 Å². The number of phenolic OH excluding ortho intramolecular Hbond substituents is 1. The van der Waals surface area contributed by atoms with Crippen molar-refractivity contribution < 1.29 is 9.90 Å². The number of halogens is 1. The summed E-state index contributed by atoms with van der Waals surface area (Å²) in [6.07, 6.45) is 1.61. The quantitative estimate of drug-likeness (QED) is 0.578. The fourth-order valence-corrected chi connectivity index (χ4v) is 3.41. The number of amides is 1. The van der Waals surface area contributed by atoms with E-state index in [0.717, 1.165) is 10.9 Å². The third kappa shape index (κ3) is 2.06. The Hall–Kier alpha value is -2.59. The molecule has 3 aromatic rings. The fourth-order valence-electron chi connectivity index (χ4n) is 3.04. The number of benzene rings is 2. The highest BCUT2D eigenvalue weighted by molar-refractivity contribution is 6.37. The summed E-state index contributed by atoms with van der Waals surface area (Å²) >= 11 is 6.27. The lowest BCUT2D eigenvalue weighted by atomic mass is 9.91. The molecule has 1 aliphatic rings. The van der Waals surface area contributed by atoms with Crippen LogP contribution in [0.25, 0.3) is 10.9 Å². The number of hydrogen-bond acceptors (Lipinski definition) is 3. The first kappa shape index (κ1) is 14.0. The number of β-lactam (4-membered cyclic amide) rings is 1. The van der Waals surface area contributed by atoms with E-state index in [1.165, 1.54) is 0 Å². The SMILES string of the molecule is O=C1C(Cl)C(c2ccccc2)N1c1ccc(O)c2ncccc12. The minimum atomic E-state index is -0.585. The molecular weight excluding hydrogens is 312 g/mol. The van der Waals surface area contributed by atoms with Crippen LogP contribution < -0.4 is 4.90 Å². The standard InChI is InChI=1S/C18H13ClN2O2/c19-15-17(11-5-2-1-3-6-11)21(18(15)23)13-8-9-14(22)16-12(13)7-4-10-20-16/h1-10,15,17,22H. The van der Waals surface area contributed by atoms with Crippen molar-refractivity contribution in [3.8, 4) is 5.75 Å². The molecule has 2 aromatic carbocycles. The minimum Gasteiger partial charge on any atom is -0.506 e. The number of aromatic nitrogens is 1. The Balaban J connectivity index is 1.87. The molecule has 1 aromatic heterocycles. The first-order valence-electron chi connectivity index (χ1n) is 7.27. The van der Waals surface area contributed by atoms with Crippen molar-refractivity contribution in [1.82, 2.24) is 4.98 Å². The van der Waals surface area contributed by atoms with Crippen LogP contribution in [0, 0.1) is 0 Å². The molecule has 4 nitrogen and oxygen atoms in total. The Morgan fingerprint density at radius 1 is 1.04 bits per heavy atom. The predicted octanol–water partition coefficient (Wildman–Crippen LogP) is 3.64. The van der Waals surface area contributed by atoms with Gasteiger partial charge in [0.15, 0.2) is 0 Å². The van der Waals surface area contributed by atoms with Crippen LogP contribution in [0.2, 0.25) is 0 Å². The molecule has 1 N–H and O–H groups in total. The van der Waals surface area contributed by atoms with Gasteiger partial charge in [-0.3, -0.25) is 9.78 Å².